The Labute approximate surface area is 77.4 Å². The molecule has 3 N–H and O–H groups in total. The molecule has 13 heavy (non-hydrogen) atoms. The third-order valence-corrected chi connectivity index (χ3v) is 2.46. The topological polar surface area (TPSA) is 64.1 Å². The highest BCUT2D eigenvalue weighted by Gasteiger charge is 2.26. The first-order valence-electron chi connectivity index (χ1n) is 4.71. The smallest absolute Gasteiger partial charge is 0.0951 e. The summed E-state index contributed by atoms with van der Waals surface area (Å²) in [6, 6.07) is 0.537. The Morgan fingerprint density at radius 2 is 2.46 bits per heavy atom. The van der Waals surface area contributed by atoms with Gasteiger partial charge in [0.05, 0.1) is 12.0 Å². The van der Waals surface area contributed by atoms with Crippen molar-refractivity contribution >= 4 is 0 Å². The van der Waals surface area contributed by atoms with E-state index in [0.717, 1.165) is 5.69 Å². The van der Waals surface area contributed by atoms with Gasteiger partial charge in [0.2, 0.25) is 0 Å². The minimum Gasteiger partial charge on any atom is -0.396 e. The number of aliphatic hydroxyl groups is 1. The molecule has 1 unspecified atom stereocenters. The van der Waals surface area contributed by atoms with Crippen molar-refractivity contribution in [3.63, 3.8) is 0 Å². The van der Waals surface area contributed by atoms with E-state index < -0.39 is 0 Å². The first-order valence-corrected chi connectivity index (χ1v) is 4.71. The van der Waals surface area contributed by atoms with Crippen LogP contribution in [0.1, 0.15) is 37.0 Å². The fraction of sp³-hybridized carbons (Fsp3) is 0.667. The van der Waals surface area contributed by atoms with E-state index in [2.05, 4.69) is 9.55 Å². The summed E-state index contributed by atoms with van der Waals surface area (Å²) in [5, 5.41) is 8.77. The van der Waals surface area contributed by atoms with Gasteiger partial charge in [-0.15, -0.1) is 0 Å². The first-order chi connectivity index (χ1) is 6.33. The zero-order valence-electron chi connectivity index (χ0n) is 7.56. The first kappa shape index (κ1) is 8.72. The van der Waals surface area contributed by atoms with Gasteiger partial charge in [0.1, 0.15) is 0 Å². The molecule has 1 fully saturated rings. The highest BCUT2D eigenvalue weighted by Crippen LogP contribution is 2.36. The molecule has 0 radical (unpaired) electrons. The summed E-state index contributed by atoms with van der Waals surface area (Å²) < 4.78 is 2.14. The van der Waals surface area contributed by atoms with Gasteiger partial charge in [-0.05, 0) is 19.3 Å². The van der Waals surface area contributed by atoms with Gasteiger partial charge in [0.25, 0.3) is 0 Å². The van der Waals surface area contributed by atoms with Crippen molar-refractivity contribution in [3.05, 3.63) is 18.2 Å². The highest BCUT2D eigenvalue weighted by molar-refractivity contribution is 5.08. The lowest BCUT2D eigenvalue weighted by atomic mass is 10.2. The van der Waals surface area contributed by atoms with Crippen molar-refractivity contribution in [2.45, 2.75) is 31.3 Å². The summed E-state index contributed by atoms with van der Waals surface area (Å²) in [6.07, 6.45) is 6.71. The van der Waals surface area contributed by atoms with Crippen LogP contribution in [0.2, 0.25) is 0 Å². The number of rotatable bonds is 4. The summed E-state index contributed by atoms with van der Waals surface area (Å²) >= 11 is 0. The zero-order chi connectivity index (χ0) is 9.26. The Kier molecular flexibility index (Phi) is 2.33. The molecule has 1 aromatic rings. The Balaban J connectivity index is 2.13. The molecule has 4 nitrogen and oxygen atoms in total. The molecule has 4 heteroatoms. The molecule has 0 spiro atoms. The van der Waals surface area contributed by atoms with Crippen LogP contribution < -0.4 is 5.73 Å². The lowest BCUT2D eigenvalue weighted by molar-refractivity contribution is 0.274. The lowest BCUT2D eigenvalue weighted by Crippen LogP contribution is -2.16. The minimum absolute atomic E-state index is 0.0758. The monoisotopic (exact) mass is 181 g/mol. The lowest BCUT2D eigenvalue weighted by Gasteiger charge is -2.12. The van der Waals surface area contributed by atoms with E-state index in [4.69, 9.17) is 10.8 Å². The molecule has 1 saturated carbocycles. The van der Waals surface area contributed by atoms with Gasteiger partial charge in [0, 0.05) is 24.9 Å². The molecule has 2 rings (SSSR count). The number of aliphatic hydroxyl groups excluding tert-OH is 1. The van der Waals surface area contributed by atoms with Gasteiger partial charge in [-0.1, -0.05) is 0 Å². The van der Waals surface area contributed by atoms with Crippen LogP contribution in [-0.2, 0) is 0 Å². The molecule has 1 atom stereocenters. The van der Waals surface area contributed by atoms with Crippen LogP contribution >= 0.6 is 0 Å². The number of hydrogen-bond acceptors (Lipinski definition) is 3. The van der Waals surface area contributed by atoms with Crippen molar-refractivity contribution in [2.24, 2.45) is 5.73 Å². The van der Waals surface area contributed by atoms with Gasteiger partial charge in [-0.25, -0.2) is 4.98 Å². The summed E-state index contributed by atoms with van der Waals surface area (Å²) in [7, 11) is 0. The van der Waals surface area contributed by atoms with Crippen molar-refractivity contribution in [2.75, 3.05) is 6.61 Å². The molecule has 1 aromatic heterocycles. The largest absolute Gasteiger partial charge is 0.396 e. The quantitative estimate of drug-likeness (QED) is 0.715. The maximum Gasteiger partial charge on any atom is 0.0951 e. The third kappa shape index (κ3) is 1.73. The number of hydrogen-bond donors (Lipinski definition) is 2. The van der Waals surface area contributed by atoms with Crippen LogP contribution in [0.15, 0.2) is 12.5 Å². The number of aromatic nitrogens is 2. The molecular weight excluding hydrogens is 166 g/mol. The number of imidazole rings is 1. The second kappa shape index (κ2) is 3.47. The molecule has 1 heterocycles. The second-order valence-corrected chi connectivity index (χ2v) is 3.58. The Hall–Kier alpha value is -0.870. The Bertz CT molecular complexity index is 280. The summed E-state index contributed by atoms with van der Waals surface area (Å²) in [4.78, 5) is 4.09. The van der Waals surface area contributed by atoms with E-state index in [0.29, 0.717) is 12.5 Å². The molecule has 1 aliphatic carbocycles. The molecular formula is C9H15N3O. The molecule has 72 valence electrons. The normalized spacial score (nSPS) is 18.9. The Morgan fingerprint density at radius 1 is 1.69 bits per heavy atom. The number of nitrogens with zero attached hydrogens (tertiary/aromatic N) is 2. The molecule has 0 saturated heterocycles. The van der Waals surface area contributed by atoms with Crippen molar-refractivity contribution in [1.82, 2.24) is 9.55 Å². The maximum atomic E-state index is 8.77. The SMILES string of the molecule is NC(CCO)c1cncn1C1CC1. The van der Waals surface area contributed by atoms with E-state index >= 15 is 0 Å². The van der Waals surface area contributed by atoms with Gasteiger partial charge in [0.15, 0.2) is 0 Å². The average Bonchev–Trinajstić information content (AvgIpc) is 2.84. The average molecular weight is 181 g/mol. The molecule has 0 amide bonds. The van der Waals surface area contributed by atoms with Gasteiger partial charge >= 0.3 is 0 Å². The Morgan fingerprint density at radius 3 is 3.08 bits per heavy atom. The van der Waals surface area contributed by atoms with Gasteiger partial charge in [-0.3, -0.25) is 0 Å². The van der Waals surface area contributed by atoms with Crippen LogP contribution in [-0.4, -0.2) is 21.3 Å². The zero-order valence-corrected chi connectivity index (χ0v) is 7.56. The van der Waals surface area contributed by atoms with Gasteiger partial charge < -0.3 is 15.4 Å². The van der Waals surface area contributed by atoms with Crippen LogP contribution in [0.25, 0.3) is 0 Å². The van der Waals surface area contributed by atoms with Crippen LogP contribution in [0.3, 0.4) is 0 Å². The van der Waals surface area contributed by atoms with Crippen LogP contribution in [0.5, 0.6) is 0 Å². The summed E-state index contributed by atoms with van der Waals surface area (Å²) in [6.45, 7) is 0.136. The predicted octanol–water partition coefficient (Wildman–Crippen LogP) is 0.600. The number of nitrogens with two attached hydrogens (primary N) is 1. The second-order valence-electron chi connectivity index (χ2n) is 3.58. The predicted molar refractivity (Wildman–Crippen MR) is 49.1 cm³/mol. The summed E-state index contributed by atoms with van der Waals surface area (Å²) in [5.74, 6) is 0. The fourth-order valence-electron chi connectivity index (χ4n) is 1.55. The molecule has 0 aliphatic heterocycles. The van der Waals surface area contributed by atoms with Crippen molar-refractivity contribution in [1.29, 1.82) is 0 Å². The van der Waals surface area contributed by atoms with Crippen molar-refractivity contribution < 1.29 is 5.11 Å². The van der Waals surface area contributed by atoms with Gasteiger partial charge in [-0.2, -0.15) is 0 Å². The van der Waals surface area contributed by atoms with Crippen LogP contribution in [0.4, 0.5) is 0 Å². The van der Waals surface area contributed by atoms with E-state index in [1.54, 1.807) is 6.20 Å². The molecule has 0 bridgehead atoms. The molecule has 1 aliphatic rings. The minimum atomic E-state index is -0.0758. The van der Waals surface area contributed by atoms with E-state index in [9.17, 15) is 0 Å². The van der Waals surface area contributed by atoms with Crippen molar-refractivity contribution in [3.8, 4) is 0 Å². The maximum absolute atomic E-state index is 8.77. The fourth-order valence-corrected chi connectivity index (χ4v) is 1.55. The third-order valence-electron chi connectivity index (χ3n) is 2.46. The van der Waals surface area contributed by atoms with Crippen LogP contribution in [0, 0.1) is 0 Å². The van der Waals surface area contributed by atoms with E-state index in [1.165, 1.54) is 12.8 Å². The standard InChI is InChI=1S/C9H15N3O/c10-8(3-4-13)9-5-11-6-12(9)7-1-2-7/h5-8,13H,1-4,10H2. The summed E-state index contributed by atoms with van der Waals surface area (Å²) in [5.41, 5.74) is 6.95. The molecule has 0 aromatic carbocycles. The highest BCUT2D eigenvalue weighted by atomic mass is 16.3. The van der Waals surface area contributed by atoms with E-state index in [-0.39, 0.29) is 12.6 Å². The van der Waals surface area contributed by atoms with E-state index in [1.807, 2.05) is 6.33 Å².